The highest BCUT2D eigenvalue weighted by Crippen LogP contribution is 2.34. The number of hydrogen-bond acceptors (Lipinski definition) is 14. The summed E-state index contributed by atoms with van der Waals surface area (Å²) in [5.41, 5.74) is 0.172. The van der Waals surface area contributed by atoms with Crippen molar-refractivity contribution in [2.75, 3.05) is 6.61 Å². The van der Waals surface area contributed by atoms with Gasteiger partial charge in [0.15, 0.2) is 24.5 Å². The zero-order valence-corrected chi connectivity index (χ0v) is 22.5. The molecule has 1 aliphatic rings. The number of carbonyl (C=O) groups excluding carboxylic acids is 4. The van der Waals surface area contributed by atoms with Crippen LogP contribution in [0.4, 0.5) is 0 Å². The van der Waals surface area contributed by atoms with Gasteiger partial charge in [-0.1, -0.05) is 5.21 Å². The van der Waals surface area contributed by atoms with E-state index in [0.717, 1.165) is 20.8 Å². The van der Waals surface area contributed by atoms with Crippen LogP contribution >= 0.6 is 0 Å². The van der Waals surface area contributed by atoms with E-state index in [0.29, 0.717) is 22.4 Å². The molecule has 1 fully saturated rings. The van der Waals surface area contributed by atoms with Gasteiger partial charge in [-0.15, -0.1) is 5.10 Å². The van der Waals surface area contributed by atoms with E-state index < -0.39 is 60.1 Å². The molecule has 1 aromatic carbocycles. The molecule has 1 aliphatic heterocycles. The fourth-order valence-corrected chi connectivity index (χ4v) is 4.21. The number of carbonyl (C=O) groups is 4. The van der Waals surface area contributed by atoms with Gasteiger partial charge in [-0.05, 0) is 18.2 Å². The van der Waals surface area contributed by atoms with Crippen molar-refractivity contribution in [2.24, 2.45) is 0 Å². The van der Waals surface area contributed by atoms with Crippen molar-refractivity contribution in [3.63, 3.8) is 0 Å². The van der Waals surface area contributed by atoms with E-state index in [1.165, 1.54) is 23.9 Å². The Morgan fingerprint density at radius 3 is 2.22 bits per heavy atom. The van der Waals surface area contributed by atoms with Crippen molar-refractivity contribution in [3.05, 3.63) is 52.6 Å². The molecule has 15 heteroatoms. The highest BCUT2D eigenvalue weighted by molar-refractivity contribution is 5.77. The third kappa shape index (κ3) is 7.45. The molecule has 0 spiro atoms. The minimum atomic E-state index is -1.35. The van der Waals surface area contributed by atoms with E-state index in [9.17, 15) is 24.0 Å². The normalized spacial score (nSPS) is 22.0. The van der Waals surface area contributed by atoms with Crippen molar-refractivity contribution in [2.45, 2.75) is 64.9 Å². The maximum Gasteiger partial charge on any atom is 0.336 e. The second-order valence-electron chi connectivity index (χ2n) is 9.02. The predicted molar refractivity (Wildman–Crippen MR) is 134 cm³/mol. The molecule has 0 amide bonds. The third-order valence-electron chi connectivity index (χ3n) is 5.77. The molecule has 1 saturated heterocycles. The number of aromatic nitrogens is 3. The molecule has 218 valence electrons. The standard InChI is InChI=1S/C26H27N3O12/c1-13(30)35-12-21-23(37-14(2)31)24(38-15(3)32)25(39-16(4)33)26(41-21)29-10-18(27-28-29)11-36-19-7-5-17-6-8-22(34)40-20(17)9-19/h5-10,21,23-26H,11-12H2,1-4H3. The van der Waals surface area contributed by atoms with Crippen molar-refractivity contribution >= 4 is 34.8 Å². The largest absolute Gasteiger partial charge is 0.487 e. The molecule has 5 atom stereocenters. The van der Waals surface area contributed by atoms with E-state index in [-0.39, 0.29) is 13.2 Å². The molecule has 5 unspecified atom stereocenters. The monoisotopic (exact) mass is 573 g/mol. The van der Waals surface area contributed by atoms with Crippen molar-refractivity contribution in [1.29, 1.82) is 0 Å². The first-order valence-electron chi connectivity index (χ1n) is 12.4. The Morgan fingerprint density at radius 2 is 1.54 bits per heavy atom. The van der Waals surface area contributed by atoms with Crippen molar-refractivity contribution in [1.82, 2.24) is 15.0 Å². The lowest BCUT2D eigenvalue weighted by Crippen LogP contribution is -2.60. The molecule has 4 rings (SSSR count). The zero-order chi connectivity index (χ0) is 29.7. The Bertz CT molecular complexity index is 1500. The van der Waals surface area contributed by atoms with Gasteiger partial charge in [-0.25, -0.2) is 9.48 Å². The van der Waals surface area contributed by atoms with Gasteiger partial charge in [-0.3, -0.25) is 19.2 Å². The first kappa shape index (κ1) is 29.2. The van der Waals surface area contributed by atoms with E-state index in [4.69, 9.17) is 32.8 Å². The molecule has 0 bridgehead atoms. The number of nitrogens with zero attached hydrogens (tertiary/aromatic N) is 3. The Balaban J connectivity index is 1.61. The minimum Gasteiger partial charge on any atom is -0.487 e. The second-order valence-corrected chi connectivity index (χ2v) is 9.02. The number of benzene rings is 1. The molecular formula is C26H27N3O12. The van der Waals surface area contributed by atoms with Crippen LogP contribution in [0, 0.1) is 0 Å². The molecule has 41 heavy (non-hydrogen) atoms. The van der Waals surface area contributed by atoms with Gasteiger partial charge in [0.1, 0.15) is 36.3 Å². The molecule has 15 nitrogen and oxygen atoms in total. The van der Waals surface area contributed by atoms with E-state index in [1.54, 1.807) is 24.3 Å². The van der Waals surface area contributed by atoms with E-state index in [2.05, 4.69) is 10.3 Å². The molecule has 3 heterocycles. The highest BCUT2D eigenvalue weighted by Gasteiger charge is 2.53. The SMILES string of the molecule is CC(=O)OCC1OC(n2cc(COc3ccc4ccc(=O)oc4c3)nn2)C(OC(C)=O)C(OC(C)=O)C1OC(C)=O. The first-order chi connectivity index (χ1) is 19.5. The number of rotatable bonds is 9. The number of hydrogen-bond donors (Lipinski definition) is 0. The van der Waals surface area contributed by atoms with Gasteiger partial charge in [0.2, 0.25) is 0 Å². The smallest absolute Gasteiger partial charge is 0.336 e. The summed E-state index contributed by atoms with van der Waals surface area (Å²) in [6.45, 7) is 4.14. The molecule has 0 radical (unpaired) electrons. The third-order valence-corrected chi connectivity index (χ3v) is 5.77. The summed E-state index contributed by atoms with van der Waals surface area (Å²) in [6, 6.07) is 7.91. The van der Waals surface area contributed by atoms with E-state index in [1.807, 2.05) is 0 Å². The Labute approximate surface area is 232 Å². The van der Waals surface area contributed by atoms with Crippen LogP contribution in [0.15, 0.2) is 45.7 Å². The Kier molecular flexibility index (Phi) is 8.97. The lowest BCUT2D eigenvalue weighted by Gasteiger charge is -2.44. The van der Waals surface area contributed by atoms with Crippen molar-refractivity contribution in [3.8, 4) is 5.75 Å². The number of fused-ring (bicyclic) bond motifs is 1. The van der Waals surface area contributed by atoms with Gasteiger partial charge < -0.3 is 32.8 Å². The summed E-state index contributed by atoms with van der Waals surface area (Å²) < 4.78 is 39.5. The highest BCUT2D eigenvalue weighted by atomic mass is 16.7. The lowest BCUT2D eigenvalue weighted by molar-refractivity contribution is -0.270. The topological polar surface area (TPSA) is 185 Å². The van der Waals surface area contributed by atoms with Crippen LogP contribution in [0.5, 0.6) is 5.75 Å². The van der Waals surface area contributed by atoms with Gasteiger partial charge >= 0.3 is 29.5 Å². The fraction of sp³-hybridized carbons (Fsp3) is 0.423. The molecular weight excluding hydrogens is 546 g/mol. The quantitative estimate of drug-likeness (QED) is 0.202. The maximum absolute atomic E-state index is 12.0. The molecule has 3 aromatic rings. The maximum atomic E-state index is 12.0. The van der Waals surface area contributed by atoms with Gasteiger partial charge in [-0.2, -0.15) is 0 Å². The summed E-state index contributed by atoms with van der Waals surface area (Å²) in [5, 5.41) is 8.83. The Morgan fingerprint density at radius 1 is 0.878 bits per heavy atom. The summed E-state index contributed by atoms with van der Waals surface area (Å²) in [4.78, 5) is 59.0. The minimum absolute atomic E-state index is 0.0617. The summed E-state index contributed by atoms with van der Waals surface area (Å²) in [6.07, 6.45) is -4.92. The number of ether oxygens (including phenoxy) is 6. The van der Waals surface area contributed by atoms with Crippen LogP contribution in [0.2, 0.25) is 0 Å². The second kappa shape index (κ2) is 12.6. The van der Waals surface area contributed by atoms with Crippen molar-refractivity contribution < 1.29 is 52.0 Å². The van der Waals surface area contributed by atoms with Gasteiger partial charge in [0.25, 0.3) is 0 Å². The van der Waals surface area contributed by atoms with Crippen LogP contribution in [-0.2, 0) is 49.5 Å². The molecule has 0 aliphatic carbocycles. The van der Waals surface area contributed by atoms with Gasteiger partial charge in [0, 0.05) is 45.2 Å². The predicted octanol–water partition coefficient (Wildman–Crippen LogP) is 1.22. The zero-order valence-electron chi connectivity index (χ0n) is 22.5. The van der Waals surface area contributed by atoms with Crippen LogP contribution in [0.3, 0.4) is 0 Å². The Hall–Kier alpha value is -4.79. The lowest BCUT2D eigenvalue weighted by atomic mass is 9.97. The van der Waals surface area contributed by atoms with Crippen LogP contribution in [-0.4, -0.2) is 69.9 Å². The van der Waals surface area contributed by atoms with Crippen LogP contribution < -0.4 is 10.4 Å². The summed E-state index contributed by atoms with van der Waals surface area (Å²) in [5.74, 6) is -2.47. The van der Waals surface area contributed by atoms with E-state index >= 15 is 0 Å². The van der Waals surface area contributed by atoms with Crippen LogP contribution in [0.25, 0.3) is 11.0 Å². The average molecular weight is 574 g/mol. The average Bonchev–Trinajstić information content (AvgIpc) is 3.36. The first-order valence-corrected chi connectivity index (χ1v) is 12.4. The fourth-order valence-electron chi connectivity index (χ4n) is 4.21. The molecule has 0 N–H and O–H groups in total. The molecule has 2 aromatic heterocycles. The van der Waals surface area contributed by atoms with Crippen LogP contribution in [0.1, 0.15) is 39.6 Å². The van der Waals surface area contributed by atoms with Gasteiger partial charge in [0.05, 0.1) is 6.20 Å². The molecule has 0 saturated carbocycles. The summed E-state index contributed by atoms with van der Waals surface area (Å²) in [7, 11) is 0. The summed E-state index contributed by atoms with van der Waals surface area (Å²) >= 11 is 0. The number of esters is 4.